The molecule has 62 valence electrons. The van der Waals surface area contributed by atoms with Gasteiger partial charge < -0.3 is 0 Å². The van der Waals surface area contributed by atoms with E-state index in [1.807, 2.05) is 18.5 Å². The molecule has 0 atom stereocenters. The van der Waals surface area contributed by atoms with Crippen LogP contribution in [0.3, 0.4) is 0 Å². The largest absolute Gasteiger partial charge is 0.266 e. The molecule has 0 saturated heterocycles. The van der Waals surface area contributed by atoms with E-state index in [9.17, 15) is 0 Å². The van der Waals surface area contributed by atoms with E-state index in [1.165, 1.54) is 11.3 Å². The monoisotopic (exact) mass is 199 g/mol. The summed E-state index contributed by atoms with van der Waals surface area (Å²) in [6, 6.07) is 1.91. The zero-order valence-electron chi connectivity index (χ0n) is 6.36. The molecule has 0 bridgehead atoms. The zero-order valence-corrected chi connectivity index (χ0v) is 7.93. The van der Waals surface area contributed by atoms with Crippen LogP contribution < -0.4 is 0 Å². The van der Waals surface area contributed by atoms with Crippen LogP contribution in [0.1, 0.15) is 0 Å². The Morgan fingerprint density at radius 2 is 2.42 bits per heavy atom. The minimum Gasteiger partial charge on any atom is -0.266 e. The van der Waals surface area contributed by atoms with Crippen molar-refractivity contribution in [2.45, 2.75) is 0 Å². The molecule has 2 heterocycles. The third-order valence-corrected chi connectivity index (χ3v) is 2.54. The molecule has 2 rings (SSSR count). The lowest BCUT2D eigenvalue weighted by Crippen LogP contribution is -1.92. The summed E-state index contributed by atoms with van der Waals surface area (Å²) in [6.45, 7) is 0. The molecule has 0 aliphatic heterocycles. The van der Waals surface area contributed by atoms with Crippen molar-refractivity contribution in [3.8, 4) is 11.4 Å². The fourth-order valence-corrected chi connectivity index (χ4v) is 1.75. The molecular weight excluding hydrogens is 194 g/mol. The van der Waals surface area contributed by atoms with Crippen molar-refractivity contribution in [1.29, 1.82) is 0 Å². The number of aryl methyl sites for hydroxylation is 1. The summed E-state index contributed by atoms with van der Waals surface area (Å²) < 4.78 is 2.33. The normalized spacial score (nSPS) is 10.5. The molecule has 5 heteroatoms. The molecule has 0 aromatic carbocycles. The summed E-state index contributed by atoms with van der Waals surface area (Å²) in [6.07, 6.45) is 1.74. The minimum atomic E-state index is 0.561. The maximum Gasteiger partial charge on any atom is 0.184 e. The fraction of sp³-hybridized carbons (Fsp3) is 0.143. The highest BCUT2D eigenvalue weighted by Gasteiger charge is 2.05. The second-order valence-electron chi connectivity index (χ2n) is 2.33. The maximum absolute atomic E-state index is 5.71. The molecule has 0 unspecified atom stereocenters. The van der Waals surface area contributed by atoms with Gasteiger partial charge in [0.05, 0.1) is 5.69 Å². The Morgan fingerprint density at radius 3 is 2.92 bits per heavy atom. The van der Waals surface area contributed by atoms with Gasteiger partial charge in [-0.05, 0) is 6.07 Å². The summed E-state index contributed by atoms with van der Waals surface area (Å²) in [5.74, 6) is 0. The Kier molecular flexibility index (Phi) is 1.86. The summed E-state index contributed by atoms with van der Waals surface area (Å²) in [5.41, 5.74) is 1.86. The van der Waals surface area contributed by atoms with Crippen LogP contribution in [-0.2, 0) is 7.05 Å². The van der Waals surface area contributed by atoms with Crippen LogP contribution in [0.4, 0.5) is 0 Å². The number of hydrogen-bond donors (Lipinski definition) is 0. The predicted octanol–water partition coefficient (Wildman–Crippen LogP) is 2.20. The molecule has 2 aromatic rings. The van der Waals surface area contributed by atoms with Gasteiger partial charge in [0, 0.05) is 18.6 Å². The summed E-state index contributed by atoms with van der Waals surface area (Å²) >= 11 is 7.13. The van der Waals surface area contributed by atoms with Gasteiger partial charge in [0.25, 0.3) is 0 Å². The number of hydrogen-bond acceptors (Lipinski definition) is 3. The first-order valence-electron chi connectivity index (χ1n) is 3.37. The van der Waals surface area contributed by atoms with E-state index in [0.29, 0.717) is 4.47 Å². The maximum atomic E-state index is 5.71. The topological polar surface area (TPSA) is 30.7 Å². The molecule has 12 heavy (non-hydrogen) atoms. The lowest BCUT2D eigenvalue weighted by atomic mass is 10.3. The molecule has 0 N–H and O–H groups in total. The van der Waals surface area contributed by atoms with E-state index in [1.54, 1.807) is 10.9 Å². The highest BCUT2D eigenvalue weighted by atomic mass is 35.5. The number of halogens is 1. The van der Waals surface area contributed by atoms with Gasteiger partial charge in [0.1, 0.15) is 5.69 Å². The Bertz CT molecular complexity index is 393. The van der Waals surface area contributed by atoms with Crippen LogP contribution in [0.2, 0.25) is 4.47 Å². The summed E-state index contributed by atoms with van der Waals surface area (Å²) in [7, 11) is 1.88. The van der Waals surface area contributed by atoms with E-state index in [2.05, 4.69) is 10.1 Å². The molecule has 0 aliphatic rings. The third-order valence-electron chi connectivity index (χ3n) is 1.56. The highest BCUT2D eigenvalue weighted by Crippen LogP contribution is 2.23. The summed E-state index contributed by atoms with van der Waals surface area (Å²) in [5, 5.41) is 5.96. The highest BCUT2D eigenvalue weighted by molar-refractivity contribution is 7.14. The number of nitrogens with zero attached hydrogens (tertiary/aromatic N) is 3. The van der Waals surface area contributed by atoms with Crippen LogP contribution >= 0.6 is 22.9 Å². The van der Waals surface area contributed by atoms with Gasteiger partial charge in [0.15, 0.2) is 4.47 Å². The third kappa shape index (κ3) is 1.23. The second kappa shape index (κ2) is 2.88. The van der Waals surface area contributed by atoms with Crippen LogP contribution in [0.15, 0.2) is 17.6 Å². The lowest BCUT2D eigenvalue weighted by molar-refractivity contribution is 0.774. The van der Waals surface area contributed by atoms with Crippen LogP contribution in [-0.4, -0.2) is 14.8 Å². The molecule has 0 saturated carbocycles. The Labute approximate surface area is 78.6 Å². The second-order valence-corrected chi connectivity index (χ2v) is 3.77. The van der Waals surface area contributed by atoms with Crippen molar-refractivity contribution in [2.24, 2.45) is 7.05 Å². The molecule has 0 radical (unpaired) electrons. The van der Waals surface area contributed by atoms with Gasteiger partial charge in [-0.15, -0.1) is 11.3 Å². The number of thiazole rings is 1. The van der Waals surface area contributed by atoms with Crippen molar-refractivity contribution < 1.29 is 0 Å². The van der Waals surface area contributed by atoms with E-state index in [4.69, 9.17) is 11.6 Å². The van der Waals surface area contributed by atoms with Crippen molar-refractivity contribution in [3.05, 3.63) is 22.1 Å². The first-order valence-corrected chi connectivity index (χ1v) is 4.62. The fourth-order valence-electron chi connectivity index (χ4n) is 0.995. The first-order chi connectivity index (χ1) is 5.77. The molecule has 0 fully saturated rings. The average Bonchev–Trinajstić information content (AvgIpc) is 2.58. The number of aromatic nitrogens is 3. The van der Waals surface area contributed by atoms with Gasteiger partial charge in [-0.3, -0.25) is 4.68 Å². The molecule has 0 spiro atoms. The SMILES string of the molecule is Cn1nccc1-c1csc(Cl)n1. The zero-order chi connectivity index (χ0) is 8.55. The minimum absolute atomic E-state index is 0.561. The Morgan fingerprint density at radius 1 is 1.58 bits per heavy atom. The van der Waals surface area contributed by atoms with Crippen LogP contribution in [0.25, 0.3) is 11.4 Å². The van der Waals surface area contributed by atoms with Crippen LogP contribution in [0.5, 0.6) is 0 Å². The van der Waals surface area contributed by atoms with Gasteiger partial charge >= 0.3 is 0 Å². The van der Waals surface area contributed by atoms with Gasteiger partial charge in [-0.1, -0.05) is 11.6 Å². The van der Waals surface area contributed by atoms with E-state index in [-0.39, 0.29) is 0 Å². The van der Waals surface area contributed by atoms with Gasteiger partial charge in [0.2, 0.25) is 0 Å². The van der Waals surface area contributed by atoms with E-state index >= 15 is 0 Å². The molecule has 2 aromatic heterocycles. The average molecular weight is 200 g/mol. The Balaban J connectivity index is 2.50. The van der Waals surface area contributed by atoms with Gasteiger partial charge in [-0.25, -0.2) is 4.98 Å². The smallest absolute Gasteiger partial charge is 0.184 e. The molecule has 3 nitrogen and oxygen atoms in total. The Hall–Kier alpha value is -0.870. The van der Waals surface area contributed by atoms with Crippen molar-refractivity contribution in [2.75, 3.05) is 0 Å². The predicted molar refractivity (Wildman–Crippen MR) is 49.3 cm³/mol. The summed E-state index contributed by atoms with van der Waals surface area (Å²) in [4.78, 5) is 4.14. The molecule has 0 aliphatic carbocycles. The van der Waals surface area contributed by atoms with Crippen molar-refractivity contribution in [3.63, 3.8) is 0 Å². The van der Waals surface area contributed by atoms with E-state index in [0.717, 1.165) is 11.4 Å². The van der Waals surface area contributed by atoms with E-state index < -0.39 is 0 Å². The molecule has 0 amide bonds. The van der Waals surface area contributed by atoms with Crippen molar-refractivity contribution >= 4 is 22.9 Å². The lowest BCUT2D eigenvalue weighted by Gasteiger charge is -1.94. The van der Waals surface area contributed by atoms with Crippen molar-refractivity contribution in [1.82, 2.24) is 14.8 Å². The first kappa shape index (κ1) is 7.76. The quantitative estimate of drug-likeness (QED) is 0.705. The van der Waals surface area contributed by atoms with Crippen LogP contribution in [0, 0.1) is 0 Å². The molecular formula is C7H6ClN3S. The standard InChI is InChI=1S/C7H6ClN3S/c1-11-6(2-3-9-11)5-4-12-7(8)10-5/h2-4H,1H3. The van der Waals surface area contributed by atoms with Gasteiger partial charge in [-0.2, -0.15) is 5.10 Å². The number of rotatable bonds is 1.